The van der Waals surface area contributed by atoms with E-state index in [0.717, 1.165) is 11.3 Å². The number of nitrogens with zero attached hydrogens (tertiary/aromatic N) is 3. The van der Waals surface area contributed by atoms with Crippen LogP contribution in [0.1, 0.15) is 32.1 Å². The maximum absolute atomic E-state index is 13.5. The molecule has 8 heteroatoms. The van der Waals surface area contributed by atoms with Crippen LogP contribution in [0, 0.1) is 0 Å². The third-order valence-electron chi connectivity index (χ3n) is 7.22. The van der Waals surface area contributed by atoms with Gasteiger partial charge in [-0.3, -0.25) is 23.9 Å². The molecule has 0 atom stereocenters. The van der Waals surface area contributed by atoms with Crippen LogP contribution in [0.5, 0.6) is 17.2 Å². The van der Waals surface area contributed by atoms with Crippen LogP contribution in [-0.2, 0) is 19.4 Å². The van der Waals surface area contributed by atoms with Crippen LogP contribution >= 0.6 is 0 Å². The Bertz CT molecular complexity index is 1780. The quantitative estimate of drug-likeness (QED) is 0.234. The van der Waals surface area contributed by atoms with Crippen LogP contribution in [0.2, 0.25) is 0 Å². The Morgan fingerprint density at radius 2 is 1.24 bits per heavy atom. The largest absolute Gasteiger partial charge is 0.497 e. The third-order valence-corrected chi connectivity index (χ3v) is 7.22. The van der Waals surface area contributed by atoms with Crippen LogP contribution in [0.3, 0.4) is 0 Å². The van der Waals surface area contributed by atoms with Crippen molar-refractivity contribution in [1.29, 1.82) is 0 Å². The standard InChI is InChI=1S/C33H27N3O5/c1-40-23-14-16-25(17-15-23)41-24-12-10-22(11-13-24)18-20-35-30(34-29-9-5-4-8-28(29)33(35)39)19-21-36-31(37)26-6-2-3-7-27(26)32(36)38/h2-17H,18-21H2,1H3. The smallest absolute Gasteiger partial charge is 0.261 e. The normalized spacial score (nSPS) is 12.6. The van der Waals surface area contributed by atoms with E-state index in [1.807, 2.05) is 60.7 Å². The van der Waals surface area contributed by atoms with Crippen LogP contribution in [0.25, 0.3) is 10.9 Å². The highest BCUT2D eigenvalue weighted by molar-refractivity contribution is 6.21. The molecule has 0 aliphatic carbocycles. The van der Waals surface area contributed by atoms with Crippen molar-refractivity contribution in [3.05, 3.63) is 130 Å². The predicted octanol–water partition coefficient (Wildman–Crippen LogP) is 5.28. The Morgan fingerprint density at radius 3 is 1.90 bits per heavy atom. The number of benzene rings is 4. The molecule has 0 saturated heterocycles. The molecule has 0 N–H and O–H groups in total. The van der Waals surface area contributed by atoms with Gasteiger partial charge in [-0.25, -0.2) is 4.98 Å². The van der Waals surface area contributed by atoms with Gasteiger partial charge in [0.25, 0.3) is 17.4 Å². The summed E-state index contributed by atoms with van der Waals surface area (Å²) in [5.41, 5.74) is 2.28. The molecule has 204 valence electrons. The first-order valence-corrected chi connectivity index (χ1v) is 13.4. The molecule has 0 unspecified atom stereocenters. The van der Waals surface area contributed by atoms with E-state index in [4.69, 9.17) is 14.5 Å². The molecule has 1 aliphatic rings. The van der Waals surface area contributed by atoms with E-state index in [1.54, 1.807) is 48.1 Å². The molecule has 4 aromatic carbocycles. The summed E-state index contributed by atoms with van der Waals surface area (Å²) in [7, 11) is 1.62. The highest BCUT2D eigenvalue weighted by atomic mass is 16.5. The Morgan fingerprint density at radius 1 is 0.659 bits per heavy atom. The highest BCUT2D eigenvalue weighted by Gasteiger charge is 2.34. The minimum Gasteiger partial charge on any atom is -0.497 e. The van der Waals surface area contributed by atoms with Gasteiger partial charge in [-0.15, -0.1) is 0 Å². The summed E-state index contributed by atoms with van der Waals surface area (Å²) in [6.45, 7) is 0.529. The van der Waals surface area contributed by atoms with E-state index in [2.05, 4.69) is 0 Å². The van der Waals surface area contributed by atoms with Crippen LogP contribution in [0.15, 0.2) is 102 Å². The molecule has 1 aromatic heterocycles. The number of imide groups is 1. The summed E-state index contributed by atoms with van der Waals surface area (Å²) in [6, 6.07) is 29.1. The molecular formula is C33H27N3O5. The maximum atomic E-state index is 13.5. The van der Waals surface area contributed by atoms with Crippen molar-refractivity contribution in [2.24, 2.45) is 0 Å². The number of fused-ring (bicyclic) bond motifs is 2. The zero-order chi connectivity index (χ0) is 28.3. The van der Waals surface area contributed by atoms with Crippen molar-refractivity contribution < 1.29 is 19.1 Å². The molecule has 0 fully saturated rings. The summed E-state index contributed by atoms with van der Waals surface area (Å²) in [6.07, 6.45) is 0.850. The van der Waals surface area contributed by atoms with Gasteiger partial charge in [-0.1, -0.05) is 36.4 Å². The molecule has 0 radical (unpaired) electrons. The van der Waals surface area contributed by atoms with Crippen molar-refractivity contribution in [3.8, 4) is 17.2 Å². The van der Waals surface area contributed by atoms with E-state index in [9.17, 15) is 14.4 Å². The lowest BCUT2D eigenvalue weighted by Crippen LogP contribution is -2.34. The Labute approximate surface area is 236 Å². The van der Waals surface area contributed by atoms with Gasteiger partial charge in [0, 0.05) is 19.5 Å². The lowest BCUT2D eigenvalue weighted by molar-refractivity contribution is 0.0655. The van der Waals surface area contributed by atoms with E-state index in [-0.39, 0.29) is 30.3 Å². The second-order valence-electron chi connectivity index (χ2n) is 9.73. The van der Waals surface area contributed by atoms with Gasteiger partial charge >= 0.3 is 0 Å². The fraction of sp³-hybridized carbons (Fsp3) is 0.152. The molecule has 0 spiro atoms. The molecule has 6 rings (SSSR count). The number of amides is 2. The van der Waals surface area contributed by atoms with Gasteiger partial charge in [0.05, 0.1) is 29.1 Å². The van der Waals surface area contributed by atoms with Crippen molar-refractivity contribution in [2.45, 2.75) is 19.4 Å². The fourth-order valence-corrected chi connectivity index (χ4v) is 5.03. The van der Waals surface area contributed by atoms with Gasteiger partial charge in [0.2, 0.25) is 0 Å². The van der Waals surface area contributed by atoms with Crippen LogP contribution in [-0.4, -0.2) is 39.9 Å². The lowest BCUT2D eigenvalue weighted by atomic mass is 10.1. The van der Waals surface area contributed by atoms with Crippen molar-refractivity contribution >= 4 is 22.7 Å². The number of rotatable bonds is 9. The summed E-state index contributed by atoms with van der Waals surface area (Å²) >= 11 is 0. The summed E-state index contributed by atoms with van der Waals surface area (Å²) in [4.78, 5) is 45.3. The number of para-hydroxylation sites is 1. The Balaban J connectivity index is 1.20. The van der Waals surface area contributed by atoms with E-state index < -0.39 is 0 Å². The fourth-order valence-electron chi connectivity index (χ4n) is 5.03. The minimum atomic E-state index is -0.322. The monoisotopic (exact) mass is 545 g/mol. The number of methoxy groups -OCH3 is 1. The molecule has 0 saturated carbocycles. The average molecular weight is 546 g/mol. The van der Waals surface area contributed by atoms with Gasteiger partial charge in [0.1, 0.15) is 23.1 Å². The first-order chi connectivity index (χ1) is 20.0. The number of aryl methyl sites for hydroxylation is 1. The first-order valence-electron chi connectivity index (χ1n) is 13.4. The molecule has 0 bridgehead atoms. The van der Waals surface area contributed by atoms with Gasteiger partial charge in [-0.2, -0.15) is 0 Å². The third kappa shape index (κ3) is 5.19. The van der Waals surface area contributed by atoms with E-state index in [1.165, 1.54) is 4.90 Å². The Kier molecular flexibility index (Phi) is 7.04. The number of hydrogen-bond acceptors (Lipinski definition) is 6. The summed E-state index contributed by atoms with van der Waals surface area (Å²) < 4.78 is 12.8. The number of hydrogen-bond donors (Lipinski definition) is 0. The number of carbonyl (C=O) groups is 2. The number of carbonyl (C=O) groups excluding carboxylic acids is 2. The lowest BCUT2D eigenvalue weighted by Gasteiger charge is -2.17. The molecule has 1 aliphatic heterocycles. The minimum absolute atomic E-state index is 0.133. The summed E-state index contributed by atoms with van der Waals surface area (Å²) in [5, 5.41) is 0.528. The SMILES string of the molecule is COc1ccc(Oc2ccc(CCn3c(CCN4C(=O)c5ccccc5C4=O)nc4ccccc4c3=O)cc2)cc1. The van der Waals surface area contributed by atoms with E-state index >= 15 is 0 Å². The predicted molar refractivity (Wildman–Crippen MR) is 155 cm³/mol. The topological polar surface area (TPSA) is 90.7 Å². The van der Waals surface area contributed by atoms with Gasteiger partial charge in [0.15, 0.2) is 0 Å². The first kappa shape index (κ1) is 26.0. The maximum Gasteiger partial charge on any atom is 0.261 e. The molecule has 2 heterocycles. The van der Waals surface area contributed by atoms with E-state index in [0.29, 0.717) is 52.3 Å². The molecule has 2 amide bonds. The zero-order valence-electron chi connectivity index (χ0n) is 22.4. The van der Waals surface area contributed by atoms with Crippen molar-refractivity contribution in [3.63, 3.8) is 0 Å². The summed E-state index contributed by atoms with van der Waals surface area (Å²) in [5.74, 6) is 2.05. The van der Waals surface area contributed by atoms with Crippen molar-refractivity contribution in [1.82, 2.24) is 14.5 Å². The van der Waals surface area contributed by atoms with Crippen molar-refractivity contribution in [2.75, 3.05) is 13.7 Å². The van der Waals surface area contributed by atoms with Gasteiger partial charge < -0.3 is 9.47 Å². The van der Waals surface area contributed by atoms with Gasteiger partial charge in [-0.05, 0) is 72.6 Å². The molecular weight excluding hydrogens is 518 g/mol. The molecule has 8 nitrogen and oxygen atoms in total. The second-order valence-corrected chi connectivity index (χ2v) is 9.73. The Hall–Kier alpha value is -5.24. The zero-order valence-corrected chi connectivity index (χ0v) is 22.4. The van der Waals surface area contributed by atoms with Crippen LogP contribution < -0.4 is 15.0 Å². The number of ether oxygens (including phenoxy) is 2. The molecule has 41 heavy (non-hydrogen) atoms. The van der Waals surface area contributed by atoms with Crippen LogP contribution in [0.4, 0.5) is 0 Å². The molecule has 5 aromatic rings. The number of aromatic nitrogens is 2. The average Bonchev–Trinajstić information content (AvgIpc) is 3.25. The second kappa shape index (κ2) is 11.1. The highest BCUT2D eigenvalue weighted by Crippen LogP contribution is 2.25.